The zero-order valence-corrected chi connectivity index (χ0v) is 10.1. The maximum Gasteiger partial charge on any atom is 0.387 e. The van der Waals surface area contributed by atoms with Gasteiger partial charge >= 0.3 is 12.6 Å². The van der Waals surface area contributed by atoms with Crippen molar-refractivity contribution in [1.82, 2.24) is 0 Å². The van der Waals surface area contributed by atoms with Crippen LogP contribution in [0, 0.1) is 0 Å². The van der Waals surface area contributed by atoms with E-state index in [1.807, 2.05) is 0 Å². The SMILES string of the molecule is O=C(O)Cc1c(OC(F)F)ccc(Br)c1Cl. The van der Waals surface area contributed by atoms with Gasteiger partial charge in [0, 0.05) is 10.0 Å². The minimum absolute atomic E-state index is 0.0174. The second kappa shape index (κ2) is 5.45. The predicted molar refractivity (Wildman–Crippen MR) is 57.1 cm³/mol. The molecule has 1 aromatic carbocycles. The summed E-state index contributed by atoms with van der Waals surface area (Å²) in [7, 11) is 0. The average Bonchev–Trinajstić information content (AvgIpc) is 2.16. The van der Waals surface area contributed by atoms with Crippen LogP contribution in [0.15, 0.2) is 16.6 Å². The number of carbonyl (C=O) groups is 1. The summed E-state index contributed by atoms with van der Waals surface area (Å²) in [5.74, 6) is -1.41. The highest BCUT2D eigenvalue weighted by Crippen LogP contribution is 2.34. The topological polar surface area (TPSA) is 46.5 Å². The van der Waals surface area contributed by atoms with E-state index >= 15 is 0 Å². The zero-order chi connectivity index (χ0) is 12.3. The van der Waals surface area contributed by atoms with Gasteiger partial charge in [-0.3, -0.25) is 4.79 Å². The van der Waals surface area contributed by atoms with Gasteiger partial charge in [-0.1, -0.05) is 11.6 Å². The molecule has 0 radical (unpaired) electrons. The molecular formula is C9H6BrClF2O3. The number of rotatable bonds is 4. The highest BCUT2D eigenvalue weighted by Gasteiger charge is 2.17. The molecule has 7 heteroatoms. The monoisotopic (exact) mass is 314 g/mol. The molecule has 0 amide bonds. The van der Waals surface area contributed by atoms with Crippen molar-refractivity contribution in [2.75, 3.05) is 0 Å². The first-order valence-electron chi connectivity index (χ1n) is 4.05. The Hall–Kier alpha value is -0.880. The largest absolute Gasteiger partial charge is 0.481 e. The van der Waals surface area contributed by atoms with Gasteiger partial charge in [0.2, 0.25) is 0 Å². The van der Waals surface area contributed by atoms with Gasteiger partial charge in [-0.05, 0) is 28.1 Å². The molecule has 0 aliphatic rings. The molecule has 0 aromatic heterocycles. The molecule has 0 spiro atoms. The number of ether oxygens (including phenoxy) is 1. The van der Waals surface area contributed by atoms with E-state index in [1.54, 1.807) is 0 Å². The molecule has 0 heterocycles. The smallest absolute Gasteiger partial charge is 0.387 e. The lowest BCUT2D eigenvalue weighted by Crippen LogP contribution is -2.08. The van der Waals surface area contributed by atoms with Crippen molar-refractivity contribution in [3.63, 3.8) is 0 Å². The molecule has 1 N–H and O–H groups in total. The van der Waals surface area contributed by atoms with E-state index in [0.29, 0.717) is 4.47 Å². The molecule has 0 aliphatic heterocycles. The third kappa shape index (κ3) is 3.31. The minimum atomic E-state index is -3.02. The summed E-state index contributed by atoms with van der Waals surface area (Å²) in [6, 6.07) is 2.64. The normalized spacial score (nSPS) is 10.6. The molecule has 0 saturated carbocycles. The lowest BCUT2D eigenvalue weighted by atomic mass is 10.1. The van der Waals surface area contributed by atoms with Gasteiger partial charge in [0.15, 0.2) is 0 Å². The number of alkyl halides is 2. The Kier molecular flexibility index (Phi) is 4.49. The molecule has 0 saturated heterocycles. The molecule has 1 rings (SSSR count). The Bertz CT molecular complexity index is 412. The third-order valence-corrected chi connectivity index (χ3v) is 3.02. The summed E-state index contributed by atoms with van der Waals surface area (Å²) in [6.07, 6.45) is -0.486. The standard InChI is InChI=1S/C9H6BrClF2O3/c10-5-1-2-6(16-9(12)13)4(8(5)11)3-7(14)15/h1-2,9H,3H2,(H,14,15). The van der Waals surface area contributed by atoms with E-state index in [2.05, 4.69) is 20.7 Å². The highest BCUT2D eigenvalue weighted by molar-refractivity contribution is 9.10. The fourth-order valence-corrected chi connectivity index (χ4v) is 1.69. The van der Waals surface area contributed by atoms with Crippen molar-refractivity contribution in [3.8, 4) is 5.75 Å². The van der Waals surface area contributed by atoms with Crippen LogP contribution in [0.25, 0.3) is 0 Å². The summed E-state index contributed by atoms with van der Waals surface area (Å²) < 4.78 is 28.7. The Balaban J connectivity index is 3.15. The average molecular weight is 315 g/mol. The van der Waals surface area contributed by atoms with E-state index in [4.69, 9.17) is 16.7 Å². The number of benzene rings is 1. The molecule has 0 atom stereocenters. The van der Waals surface area contributed by atoms with E-state index < -0.39 is 19.0 Å². The van der Waals surface area contributed by atoms with Gasteiger partial charge in [-0.2, -0.15) is 8.78 Å². The molecule has 88 valence electrons. The molecule has 3 nitrogen and oxygen atoms in total. The molecule has 0 unspecified atom stereocenters. The van der Waals surface area contributed by atoms with Gasteiger partial charge in [-0.15, -0.1) is 0 Å². The van der Waals surface area contributed by atoms with Crippen LogP contribution in [0.1, 0.15) is 5.56 Å². The van der Waals surface area contributed by atoms with Gasteiger partial charge in [0.25, 0.3) is 0 Å². The molecular weight excluding hydrogens is 309 g/mol. The number of halogens is 4. The maximum atomic E-state index is 12.0. The Morgan fingerprint density at radius 3 is 2.69 bits per heavy atom. The van der Waals surface area contributed by atoms with E-state index in [9.17, 15) is 13.6 Å². The molecule has 0 fully saturated rings. The van der Waals surface area contributed by atoms with Gasteiger partial charge in [0.05, 0.1) is 11.4 Å². The summed E-state index contributed by atoms with van der Waals surface area (Å²) in [5.41, 5.74) is 0.0174. The zero-order valence-electron chi connectivity index (χ0n) is 7.71. The summed E-state index contributed by atoms with van der Waals surface area (Å²) in [4.78, 5) is 10.6. The highest BCUT2D eigenvalue weighted by atomic mass is 79.9. The number of hydrogen-bond acceptors (Lipinski definition) is 2. The number of aliphatic carboxylic acids is 1. The van der Waals surface area contributed by atoms with E-state index in [-0.39, 0.29) is 16.3 Å². The lowest BCUT2D eigenvalue weighted by Gasteiger charge is -2.11. The predicted octanol–water partition coefficient (Wildman–Crippen LogP) is 3.33. The Morgan fingerprint density at radius 1 is 1.56 bits per heavy atom. The molecule has 16 heavy (non-hydrogen) atoms. The van der Waals surface area contributed by atoms with Crippen LogP contribution >= 0.6 is 27.5 Å². The third-order valence-electron chi connectivity index (χ3n) is 1.70. The maximum absolute atomic E-state index is 12.0. The van der Waals surface area contributed by atoms with Crippen LogP contribution in [-0.4, -0.2) is 17.7 Å². The number of hydrogen-bond donors (Lipinski definition) is 1. The summed E-state index contributed by atoms with van der Waals surface area (Å²) >= 11 is 8.86. The van der Waals surface area contributed by atoms with Crippen molar-refractivity contribution in [1.29, 1.82) is 0 Å². The van der Waals surface area contributed by atoms with E-state index in [1.165, 1.54) is 12.1 Å². The first-order chi connectivity index (χ1) is 7.41. The van der Waals surface area contributed by atoms with Crippen LogP contribution < -0.4 is 4.74 Å². The van der Waals surface area contributed by atoms with Crippen LogP contribution in [-0.2, 0) is 11.2 Å². The Morgan fingerprint density at radius 2 is 2.19 bits per heavy atom. The van der Waals surface area contributed by atoms with Crippen molar-refractivity contribution in [2.45, 2.75) is 13.0 Å². The first-order valence-corrected chi connectivity index (χ1v) is 5.22. The Labute approximate surface area is 103 Å². The van der Waals surface area contributed by atoms with Crippen LogP contribution in [0.4, 0.5) is 8.78 Å². The van der Waals surface area contributed by atoms with Crippen LogP contribution in [0.2, 0.25) is 5.02 Å². The van der Waals surface area contributed by atoms with Crippen molar-refractivity contribution in [2.24, 2.45) is 0 Å². The van der Waals surface area contributed by atoms with Crippen molar-refractivity contribution in [3.05, 3.63) is 27.2 Å². The number of carboxylic acid groups (broad SMARTS) is 1. The number of carboxylic acids is 1. The van der Waals surface area contributed by atoms with Gasteiger partial charge in [-0.25, -0.2) is 0 Å². The second-order valence-corrected chi connectivity index (χ2v) is 4.02. The summed E-state index contributed by atoms with van der Waals surface area (Å²) in [5, 5.41) is 8.68. The van der Waals surface area contributed by atoms with E-state index in [0.717, 1.165) is 0 Å². The van der Waals surface area contributed by atoms with Crippen LogP contribution in [0.5, 0.6) is 5.75 Å². The minimum Gasteiger partial charge on any atom is -0.481 e. The summed E-state index contributed by atoms with van der Waals surface area (Å²) in [6.45, 7) is -3.02. The molecule has 0 aliphatic carbocycles. The second-order valence-electron chi connectivity index (χ2n) is 2.79. The van der Waals surface area contributed by atoms with Crippen molar-refractivity contribution < 1.29 is 23.4 Å². The molecule has 0 bridgehead atoms. The first kappa shape index (κ1) is 13.2. The van der Waals surface area contributed by atoms with Crippen LogP contribution in [0.3, 0.4) is 0 Å². The lowest BCUT2D eigenvalue weighted by molar-refractivity contribution is -0.136. The van der Waals surface area contributed by atoms with Gasteiger partial charge in [0.1, 0.15) is 5.75 Å². The fraction of sp³-hybridized carbons (Fsp3) is 0.222. The van der Waals surface area contributed by atoms with Gasteiger partial charge < -0.3 is 9.84 Å². The fourth-order valence-electron chi connectivity index (χ4n) is 1.10. The van der Waals surface area contributed by atoms with Crippen molar-refractivity contribution >= 4 is 33.5 Å². The molecule has 1 aromatic rings. The quantitative estimate of drug-likeness (QED) is 0.927.